The van der Waals surface area contributed by atoms with Crippen molar-refractivity contribution >= 4 is 11.7 Å². The second kappa shape index (κ2) is 7.19. The summed E-state index contributed by atoms with van der Waals surface area (Å²) in [5, 5.41) is 15.3. The molecule has 0 radical (unpaired) electrons. The van der Waals surface area contributed by atoms with Crippen LogP contribution in [0.5, 0.6) is 0 Å². The fraction of sp³-hybridized carbons (Fsp3) is 0.353. The Labute approximate surface area is 136 Å². The number of aliphatic hydroxyl groups is 1. The van der Waals surface area contributed by atoms with Gasteiger partial charge in [-0.05, 0) is 12.5 Å². The number of amides is 2. The van der Waals surface area contributed by atoms with Gasteiger partial charge in [0.2, 0.25) is 0 Å². The highest BCUT2D eigenvalue weighted by Gasteiger charge is 2.31. The van der Waals surface area contributed by atoms with Gasteiger partial charge in [-0.2, -0.15) is 0 Å². The van der Waals surface area contributed by atoms with Crippen LogP contribution in [0, 0.1) is 12.3 Å². The highest BCUT2D eigenvalue weighted by molar-refractivity contribution is 5.89. The van der Waals surface area contributed by atoms with Crippen molar-refractivity contribution in [3.05, 3.63) is 54.1 Å². The van der Waals surface area contributed by atoms with Gasteiger partial charge in [0.1, 0.15) is 5.82 Å². The molecule has 1 heterocycles. The number of nitrogens with zero attached hydrogens (tertiary/aromatic N) is 2. The highest BCUT2D eigenvalue weighted by atomic mass is 16.3. The summed E-state index contributed by atoms with van der Waals surface area (Å²) < 4.78 is 0. The van der Waals surface area contributed by atoms with E-state index in [9.17, 15) is 9.90 Å². The first-order valence-electron chi connectivity index (χ1n) is 7.44. The normalized spacial score (nSPS) is 12.5. The molecule has 1 unspecified atom stereocenters. The number of aromatic nitrogens is 2. The number of carbonyl (C=O) groups is 1. The van der Waals surface area contributed by atoms with Gasteiger partial charge in [-0.1, -0.05) is 44.2 Å². The van der Waals surface area contributed by atoms with Gasteiger partial charge < -0.3 is 15.7 Å². The molecule has 2 rings (SSSR count). The molecule has 1 atom stereocenters. The molecule has 0 fully saturated rings. The van der Waals surface area contributed by atoms with Crippen LogP contribution >= 0.6 is 0 Å². The lowest BCUT2D eigenvalue weighted by Crippen LogP contribution is -2.41. The van der Waals surface area contributed by atoms with E-state index in [1.54, 1.807) is 19.3 Å². The van der Waals surface area contributed by atoms with Crippen molar-refractivity contribution in [3.8, 4) is 0 Å². The number of benzene rings is 1. The van der Waals surface area contributed by atoms with E-state index in [-0.39, 0.29) is 18.7 Å². The van der Waals surface area contributed by atoms with Crippen LogP contribution in [-0.4, -0.2) is 27.7 Å². The Kier molecular flexibility index (Phi) is 5.28. The van der Waals surface area contributed by atoms with Crippen LogP contribution in [0.2, 0.25) is 0 Å². The Morgan fingerprint density at radius 1 is 1.22 bits per heavy atom. The lowest BCUT2D eigenvalue weighted by atomic mass is 9.81. The Hall–Kier alpha value is -2.47. The summed E-state index contributed by atoms with van der Waals surface area (Å²) in [6.45, 7) is 5.53. The standard InChI is InChI=1S/C17H22N4O2/c1-12-18-9-14(10-19-12)20-16(23)21-15(17(2,3)11-22)13-7-5-4-6-8-13/h4-10,15,22H,11H2,1-3H3,(H2,20,21,23). The third-order valence-corrected chi connectivity index (χ3v) is 3.64. The summed E-state index contributed by atoms with van der Waals surface area (Å²) in [5.74, 6) is 0.638. The monoisotopic (exact) mass is 314 g/mol. The average molecular weight is 314 g/mol. The molecule has 0 aliphatic rings. The van der Waals surface area contributed by atoms with Crippen LogP contribution in [0.3, 0.4) is 0 Å². The van der Waals surface area contributed by atoms with Crippen LogP contribution in [0.25, 0.3) is 0 Å². The maximum Gasteiger partial charge on any atom is 0.319 e. The fourth-order valence-corrected chi connectivity index (χ4v) is 2.22. The lowest BCUT2D eigenvalue weighted by molar-refractivity contribution is 0.119. The van der Waals surface area contributed by atoms with Crippen molar-refractivity contribution in [3.63, 3.8) is 0 Å². The molecular formula is C17H22N4O2. The molecule has 23 heavy (non-hydrogen) atoms. The molecule has 0 spiro atoms. The van der Waals surface area contributed by atoms with Crippen molar-refractivity contribution in [2.24, 2.45) is 5.41 Å². The van der Waals surface area contributed by atoms with Gasteiger partial charge in [-0.15, -0.1) is 0 Å². The van der Waals surface area contributed by atoms with E-state index in [0.29, 0.717) is 11.5 Å². The number of urea groups is 1. The molecule has 2 amide bonds. The molecule has 122 valence electrons. The topological polar surface area (TPSA) is 87.1 Å². The first kappa shape index (κ1) is 16.9. The van der Waals surface area contributed by atoms with Gasteiger partial charge in [-0.3, -0.25) is 0 Å². The molecule has 6 heteroatoms. The van der Waals surface area contributed by atoms with E-state index in [1.165, 1.54) is 0 Å². The van der Waals surface area contributed by atoms with Crippen LogP contribution in [0.1, 0.15) is 31.3 Å². The third kappa shape index (κ3) is 4.50. The number of hydrogen-bond donors (Lipinski definition) is 3. The van der Waals surface area contributed by atoms with E-state index >= 15 is 0 Å². The second-order valence-electron chi connectivity index (χ2n) is 6.11. The summed E-state index contributed by atoms with van der Waals surface area (Å²) in [6.07, 6.45) is 3.10. The Balaban J connectivity index is 2.14. The van der Waals surface area contributed by atoms with Crippen LogP contribution in [0.15, 0.2) is 42.7 Å². The molecule has 0 bridgehead atoms. The number of aryl methyl sites for hydroxylation is 1. The SMILES string of the molecule is Cc1ncc(NC(=O)NC(c2ccccc2)C(C)(C)CO)cn1. The van der Waals surface area contributed by atoms with Gasteiger partial charge in [0.25, 0.3) is 0 Å². The maximum atomic E-state index is 12.3. The molecule has 1 aromatic carbocycles. The van der Waals surface area contributed by atoms with Gasteiger partial charge in [-0.25, -0.2) is 14.8 Å². The van der Waals surface area contributed by atoms with Gasteiger partial charge in [0.15, 0.2) is 0 Å². The molecule has 3 N–H and O–H groups in total. The zero-order chi connectivity index (χ0) is 16.9. The zero-order valence-electron chi connectivity index (χ0n) is 13.6. The molecule has 0 saturated carbocycles. The van der Waals surface area contributed by atoms with Crippen LogP contribution in [0.4, 0.5) is 10.5 Å². The van der Waals surface area contributed by atoms with Crippen molar-refractivity contribution in [2.45, 2.75) is 26.8 Å². The number of hydrogen-bond acceptors (Lipinski definition) is 4. The number of aliphatic hydroxyl groups excluding tert-OH is 1. The summed E-state index contributed by atoms with van der Waals surface area (Å²) in [5.41, 5.74) is 0.936. The van der Waals surface area contributed by atoms with Crippen molar-refractivity contribution in [1.29, 1.82) is 0 Å². The third-order valence-electron chi connectivity index (χ3n) is 3.64. The summed E-state index contributed by atoms with van der Waals surface area (Å²) in [4.78, 5) is 20.4. The number of anilines is 1. The first-order chi connectivity index (χ1) is 10.9. The van der Waals surface area contributed by atoms with Crippen molar-refractivity contribution in [1.82, 2.24) is 15.3 Å². The van der Waals surface area contributed by atoms with Gasteiger partial charge in [0.05, 0.1) is 30.7 Å². The fourth-order valence-electron chi connectivity index (χ4n) is 2.22. The molecule has 6 nitrogen and oxygen atoms in total. The molecule has 0 aliphatic carbocycles. The summed E-state index contributed by atoms with van der Waals surface area (Å²) in [7, 11) is 0. The largest absolute Gasteiger partial charge is 0.396 e. The van der Waals surface area contributed by atoms with Crippen molar-refractivity contribution < 1.29 is 9.90 Å². The first-order valence-corrected chi connectivity index (χ1v) is 7.44. The Morgan fingerprint density at radius 2 is 1.83 bits per heavy atom. The minimum absolute atomic E-state index is 0.0551. The van der Waals surface area contributed by atoms with Crippen LogP contribution in [-0.2, 0) is 0 Å². The smallest absolute Gasteiger partial charge is 0.319 e. The highest BCUT2D eigenvalue weighted by Crippen LogP contribution is 2.32. The maximum absolute atomic E-state index is 12.3. The predicted octanol–water partition coefficient (Wildman–Crippen LogP) is 2.67. The predicted molar refractivity (Wildman–Crippen MR) is 89.0 cm³/mol. The molecule has 0 saturated heterocycles. The Bertz CT molecular complexity index is 641. The molecule has 0 aliphatic heterocycles. The Morgan fingerprint density at radius 3 is 2.39 bits per heavy atom. The quantitative estimate of drug-likeness (QED) is 0.792. The summed E-state index contributed by atoms with van der Waals surface area (Å²) >= 11 is 0. The van der Waals surface area contributed by atoms with Crippen LogP contribution < -0.4 is 10.6 Å². The van der Waals surface area contributed by atoms with E-state index in [4.69, 9.17) is 0 Å². The average Bonchev–Trinajstić information content (AvgIpc) is 2.55. The van der Waals surface area contributed by atoms with Gasteiger partial charge in [0, 0.05) is 5.41 Å². The molecular weight excluding hydrogens is 292 g/mol. The minimum Gasteiger partial charge on any atom is -0.396 e. The lowest BCUT2D eigenvalue weighted by Gasteiger charge is -2.33. The van der Waals surface area contributed by atoms with E-state index in [2.05, 4.69) is 20.6 Å². The summed E-state index contributed by atoms with van der Waals surface area (Å²) in [6, 6.07) is 8.88. The zero-order valence-corrected chi connectivity index (χ0v) is 13.6. The number of nitrogens with one attached hydrogen (secondary N) is 2. The molecule has 2 aromatic rings. The van der Waals surface area contributed by atoms with Crippen molar-refractivity contribution in [2.75, 3.05) is 11.9 Å². The minimum atomic E-state index is -0.511. The molecule has 1 aromatic heterocycles. The van der Waals surface area contributed by atoms with E-state index in [0.717, 1.165) is 5.56 Å². The number of carbonyl (C=O) groups excluding carboxylic acids is 1. The van der Waals surface area contributed by atoms with E-state index < -0.39 is 5.41 Å². The van der Waals surface area contributed by atoms with Gasteiger partial charge >= 0.3 is 6.03 Å². The second-order valence-corrected chi connectivity index (χ2v) is 6.11. The number of rotatable bonds is 5. The van der Waals surface area contributed by atoms with E-state index in [1.807, 2.05) is 44.2 Å².